The summed E-state index contributed by atoms with van der Waals surface area (Å²) in [4.78, 5) is 13.7. The zero-order valence-electron chi connectivity index (χ0n) is 15.7. The fraction of sp³-hybridized carbons (Fsp3) is 0.421. The van der Waals surface area contributed by atoms with Crippen LogP contribution in [0.3, 0.4) is 0 Å². The summed E-state index contributed by atoms with van der Waals surface area (Å²) in [6, 6.07) is 0. The van der Waals surface area contributed by atoms with Gasteiger partial charge in [-0.15, -0.1) is 0 Å². The third-order valence-corrected chi connectivity index (χ3v) is 4.56. The van der Waals surface area contributed by atoms with E-state index in [1.165, 1.54) is 11.6 Å². The van der Waals surface area contributed by atoms with E-state index in [2.05, 4.69) is 27.3 Å². The van der Waals surface area contributed by atoms with Gasteiger partial charge < -0.3 is 4.57 Å². The topological polar surface area (TPSA) is 57.8 Å². The lowest BCUT2D eigenvalue weighted by Crippen LogP contribution is -2.42. The summed E-state index contributed by atoms with van der Waals surface area (Å²) >= 11 is 0. The molecule has 1 N–H and O–H groups in total. The number of aromatic nitrogens is 2. The Kier molecular flexibility index (Phi) is 5.35. The standard InChI is InChI=1S/C19H25FN6/c1-5-14(10-15(20)6-2)18-21-8-9-25(18)11-17-16(7-3)19-23-13(4)24-26(19)12-22-17/h6,8-10,12,19H,5,7,11H2,1-4H3,(H,23,24)/b14-10+,15-6+. The number of rotatable bonds is 6. The first-order valence-corrected chi connectivity index (χ1v) is 8.96. The number of aliphatic imine (C=N–C) groups is 2. The number of amidine groups is 1. The second-order valence-corrected chi connectivity index (χ2v) is 6.25. The molecule has 1 aromatic heterocycles. The molecule has 1 aromatic rings. The van der Waals surface area contributed by atoms with Crippen LogP contribution in [0.4, 0.5) is 4.39 Å². The Morgan fingerprint density at radius 2 is 2.19 bits per heavy atom. The highest BCUT2D eigenvalue weighted by Gasteiger charge is 2.30. The number of fused-ring (bicyclic) bond motifs is 1. The van der Waals surface area contributed by atoms with Crippen molar-refractivity contribution in [3.8, 4) is 0 Å². The first kappa shape index (κ1) is 18.1. The van der Waals surface area contributed by atoms with E-state index in [9.17, 15) is 4.39 Å². The van der Waals surface area contributed by atoms with Crippen molar-refractivity contribution < 1.29 is 4.39 Å². The molecular weight excluding hydrogens is 331 g/mol. The van der Waals surface area contributed by atoms with Crippen molar-refractivity contribution in [2.24, 2.45) is 9.98 Å². The van der Waals surface area contributed by atoms with E-state index in [0.717, 1.165) is 29.4 Å². The molecule has 0 amide bonds. The van der Waals surface area contributed by atoms with E-state index in [1.54, 1.807) is 25.5 Å². The summed E-state index contributed by atoms with van der Waals surface area (Å²) in [6.45, 7) is 8.34. The molecule has 26 heavy (non-hydrogen) atoms. The lowest BCUT2D eigenvalue weighted by molar-refractivity contribution is 0.343. The second kappa shape index (κ2) is 7.68. The van der Waals surface area contributed by atoms with Crippen molar-refractivity contribution in [3.05, 3.63) is 47.5 Å². The third kappa shape index (κ3) is 3.47. The van der Waals surface area contributed by atoms with Crippen molar-refractivity contribution >= 4 is 17.7 Å². The molecular formula is C19H25FN6. The highest BCUT2D eigenvalue weighted by atomic mass is 19.1. The van der Waals surface area contributed by atoms with Crippen LogP contribution >= 0.6 is 0 Å². The van der Waals surface area contributed by atoms with Crippen LogP contribution in [-0.2, 0) is 6.54 Å². The second-order valence-electron chi connectivity index (χ2n) is 6.25. The number of halogens is 1. The maximum atomic E-state index is 13.7. The first-order valence-electron chi connectivity index (χ1n) is 8.96. The third-order valence-electron chi connectivity index (χ3n) is 4.56. The van der Waals surface area contributed by atoms with Crippen LogP contribution in [0.1, 0.15) is 46.4 Å². The molecule has 0 saturated heterocycles. The number of imidazole rings is 1. The summed E-state index contributed by atoms with van der Waals surface area (Å²) in [6.07, 6.45) is 9.97. The Morgan fingerprint density at radius 3 is 2.88 bits per heavy atom. The van der Waals surface area contributed by atoms with Gasteiger partial charge in [-0.2, -0.15) is 0 Å². The van der Waals surface area contributed by atoms with Gasteiger partial charge >= 0.3 is 0 Å². The van der Waals surface area contributed by atoms with Gasteiger partial charge in [-0.25, -0.2) is 24.4 Å². The van der Waals surface area contributed by atoms with Crippen molar-refractivity contribution in [1.82, 2.24) is 20.0 Å². The number of hydrogen-bond acceptors (Lipinski definition) is 5. The molecule has 138 valence electrons. The molecule has 2 aliphatic heterocycles. The average Bonchev–Trinajstić information content (AvgIpc) is 3.24. The molecule has 0 aromatic carbocycles. The number of nitrogens with one attached hydrogen (secondary N) is 1. The minimum atomic E-state index is -0.252. The van der Waals surface area contributed by atoms with E-state index < -0.39 is 0 Å². The fourth-order valence-corrected chi connectivity index (χ4v) is 3.21. The van der Waals surface area contributed by atoms with Crippen molar-refractivity contribution in [1.29, 1.82) is 0 Å². The lowest BCUT2D eigenvalue weighted by atomic mass is 10.1. The lowest BCUT2D eigenvalue weighted by Gasteiger charge is -2.28. The van der Waals surface area contributed by atoms with Crippen LogP contribution in [0, 0.1) is 0 Å². The molecule has 1 atom stereocenters. The predicted octanol–water partition coefficient (Wildman–Crippen LogP) is 3.82. The highest BCUT2D eigenvalue weighted by molar-refractivity contribution is 5.84. The van der Waals surface area contributed by atoms with Gasteiger partial charge in [-0.1, -0.05) is 19.9 Å². The Hall–Kier alpha value is -2.70. The van der Waals surface area contributed by atoms with E-state index >= 15 is 0 Å². The van der Waals surface area contributed by atoms with Gasteiger partial charge in [0.05, 0.1) is 12.2 Å². The van der Waals surface area contributed by atoms with Gasteiger partial charge in [0, 0.05) is 12.4 Å². The summed E-state index contributed by atoms with van der Waals surface area (Å²) < 4.78 is 15.8. The molecule has 0 spiro atoms. The van der Waals surface area contributed by atoms with Gasteiger partial charge in [-0.05, 0) is 43.9 Å². The Bertz CT molecular complexity index is 827. The smallest absolute Gasteiger partial charge is 0.166 e. The molecule has 3 rings (SSSR count). The van der Waals surface area contributed by atoms with Gasteiger partial charge in [0.15, 0.2) is 6.17 Å². The molecule has 0 fully saturated rings. The molecule has 7 heteroatoms. The number of allylic oxidation sites excluding steroid dienone is 5. The Labute approximate surface area is 153 Å². The molecule has 2 aliphatic rings. The fourth-order valence-electron chi connectivity index (χ4n) is 3.21. The van der Waals surface area contributed by atoms with E-state index in [4.69, 9.17) is 0 Å². The largest absolute Gasteiger partial charge is 0.325 e. The molecule has 3 heterocycles. The van der Waals surface area contributed by atoms with Crippen LogP contribution in [0.25, 0.3) is 5.57 Å². The number of hydrazine groups is 1. The first-order chi connectivity index (χ1) is 12.6. The van der Waals surface area contributed by atoms with Crippen LogP contribution < -0.4 is 5.43 Å². The van der Waals surface area contributed by atoms with E-state index in [1.807, 2.05) is 29.6 Å². The number of hydrogen-bond donors (Lipinski definition) is 1. The van der Waals surface area contributed by atoms with Crippen molar-refractivity contribution in [3.63, 3.8) is 0 Å². The van der Waals surface area contributed by atoms with Gasteiger partial charge in [0.1, 0.15) is 23.8 Å². The molecule has 0 bridgehead atoms. The van der Waals surface area contributed by atoms with Crippen LogP contribution in [0.2, 0.25) is 0 Å². The molecule has 6 nitrogen and oxygen atoms in total. The van der Waals surface area contributed by atoms with E-state index in [0.29, 0.717) is 13.0 Å². The SMILES string of the molecule is C/C=C(F)\C=C(/CC)c1nccn1CC1=C(CC)C2N=C(C)NN2C=N1. The van der Waals surface area contributed by atoms with Crippen LogP contribution in [0.15, 0.2) is 51.6 Å². The minimum Gasteiger partial charge on any atom is -0.325 e. The van der Waals surface area contributed by atoms with Crippen LogP contribution in [-0.4, -0.2) is 32.9 Å². The summed E-state index contributed by atoms with van der Waals surface area (Å²) in [7, 11) is 0. The zero-order valence-corrected chi connectivity index (χ0v) is 15.7. The molecule has 0 saturated carbocycles. The monoisotopic (exact) mass is 356 g/mol. The summed E-state index contributed by atoms with van der Waals surface area (Å²) in [5, 5.41) is 1.92. The van der Waals surface area contributed by atoms with Gasteiger partial charge in [-0.3, -0.25) is 5.43 Å². The van der Waals surface area contributed by atoms with Gasteiger partial charge in [0.2, 0.25) is 0 Å². The normalized spacial score (nSPS) is 20.4. The van der Waals surface area contributed by atoms with Crippen LogP contribution in [0.5, 0.6) is 0 Å². The van der Waals surface area contributed by atoms with Crippen molar-refractivity contribution in [2.75, 3.05) is 0 Å². The average molecular weight is 356 g/mol. The summed E-state index contributed by atoms with van der Waals surface area (Å²) in [5.74, 6) is 1.40. The molecule has 0 radical (unpaired) electrons. The minimum absolute atomic E-state index is 0.0406. The Morgan fingerprint density at radius 1 is 1.38 bits per heavy atom. The maximum absolute atomic E-state index is 13.7. The van der Waals surface area contributed by atoms with Gasteiger partial charge in [0.25, 0.3) is 0 Å². The quantitative estimate of drug-likeness (QED) is 0.788. The highest BCUT2D eigenvalue weighted by Crippen LogP contribution is 2.27. The Balaban J connectivity index is 1.93. The zero-order chi connectivity index (χ0) is 18.7. The number of nitrogens with zero attached hydrogens (tertiary/aromatic N) is 5. The maximum Gasteiger partial charge on any atom is 0.166 e. The molecule has 0 aliphatic carbocycles. The van der Waals surface area contributed by atoms with Crippen molar-refractivity contribution in [2.45, 2.75) is 53.2 Å². The van der Waals surface area contributed by atoms with E-state index in [-0.39, 0.29) is 12.0 Å². The molecule has 1 unspecified atom stereocenters. The predicted molar refractivity (Wildman–Crippen MR) is 103 cm³/mol. The summed E-state index contributed by atoms with van der Waals surface area (Å²) in [5.41, 5.74) is 6.21.